The highest BCUT2D eigenvalue weighted by Gasteiger charge is 2.54. The molecule has 4 rings (SSSR count). The van der Waals surface area contributed by atoms with Gasteiger partial charge >= 0.3 is 0 Å². The molecule has 31 heavy (non-hydrogen) atoms. The molecule has 7 heteroatoms. The summed E-state index contributed by atoms with van der Waals surface area (Å²) in [7, 11) is 0. The van der Waals surface area contributed by atoms with Crippen molar-refractivity contribution in [2.45, 2.75) is 82.8 Å². The van der Waals surface area contributed by atoms with Gasteiger partial charge in [-0.1, -0.05) is 44.7 Å². The predicted octanol–water partition coefficient (Wildman–Crippen LogP) is 3.89. The molecule has 0 atom stereocenters. The molecule has 1 aromatic carbocycles. The summed E-state index contributed by atoms with van der Waals surface area (Å²) in [6, 6.07) is 3.85. The van der Waals surface area contributed by atoms with Crippen LogP contribution in [0.3, 0.4) is 0 Å². The first kappa shape index (κ1) is 22.4. The van der Waals surface area contributed by atoms with Gasteiger partial charge in [0.1, 0.15) is 5.75 Å². The van der Waals surface area contributed by atoms with Crippen LogP contribution in [-0.4, -0.2) is 47.6 Å². The minimum Gasteiger partial charge on any atom is -0.483 e. The van der Waals surface area contributed by atoms with Crippen molar-refractivity contribution in [1.29, 1.82) is 0 Å². The van der Waals surface area contributed by atoms with Gasteiger partial charge in [0.15, 0.2) is 6.61 Å². The number of aryl methyl sites for hydroxylation is 1. The molecular weight excluding hydrogens is 414 g/mol. The lowest BCUT2D eigenvalue weighted by Gasteiger charge is -2.41. The summed E-state index contributed by atoms with van der Waals surface area (Å²) in [6.07, 6.45) is 6.68. The number of halogens is 1. The Balaban J connectivity index is 1.34. The molecule has 0 aromatic heterocycles. The first-order valence-electron chi connectivity index (χ1n) is 11.6. The van der Waals surface area contributed by atoms with Crippen molar-refractivity contribution in [3.05, 3.63) is 28.3 Å². The average molecular weight is 448 g/mol. The van der Waals surface area contributed by atoms with Crippen LogP contribution in [0.1, 0.15) is 75.8 Å². The molecule has 2 aliphatic heterocycles. The number of ether oxygens (including phenoxy) is 1. The number of benzene rings is 1. The molecule has 0 bridgehead atoms. The molecule has 3 fully saturated rings. The van der Waals surface area contributed by atoms with E-state index in [9.17, 15) is 9.59 Å². The van der Waals surface area contributed by atoms with E-state index in [1.165, 1.54) is 6.42 Å². The lowest BCUT2D eigenvalue weighted by molar-refractivity contribution is -0.135. The summed E-state index contributed by atoms with van der Waals surface area (Å²) in [5.41, 5.74) is 1.18. The van der Waals surface area contributed by atoms with E-state index in [2.05, 4.69) is 24.5 Å². The van der Waals surface area contributed by atoms with Crippen molar-refractivity contribution in [2.24, 2.45) is 0 Å². The van der Waals surface area contributed by atoms with Gasteiger partial charge in [0, 0.05) is 31.0 Å². The number of nitrogens with zero attached hydrogens (tertiary/aromatic N) is 1. The van der Waals surface area contributed by atoms with Gasteiger partial charge in [0.25, 0.3) is 5.91 Å². The van der Waals surface area contributed by atoms with Gasteiger partial charge in [-0.2, -0.15) is 0 Å². The van der Waals surface area contributed by atoms with Crippen molar-refractivity contribution in [1.82, 2.24) is 15.5 Å². The van der Waals surface area contributed by atoms with Crippen LogP contribution in [0.15, 0.2) is 12.1 Å². The fourth-order valence-corrected chi connectivity index (χ4v) is 5.43. The van der Waals surface area contributed by atoms with Gasteiger partial charge < -0.3 is 15.0 Å². The van der Waals surface area contributed by atoms with Gasteiger partial charge in [-0.25, -0.2) is 0 Å². The van der Waals surface area contributed by atoms with Crippen LogP contribution in [-0.2, 0) is 9.59 Å². The Labute approximate surface area is 190 Å². The molecule has 1 aromatic rings. The average Bonchev–Trinajstić information content (AvgIpc) is 2.99. The lowest BCUT2D eigenvalue weighted by atomic mass is 9.81. The number of nitrogens with one attached hydrogen (secondary N) is 2. The maximum absolute atomic E-state index is 12.8. The Morgan fingerprint density at radius 1 is 1.16 bits per heavy atom. The number of rotatable bonds is 4. The van der Waals surface area contributed by atoms with Gasteiger partial charge in [-0.3, -0.25) is 14.9 Å². The Bertz CT molecular complexity index is 856. The third-order valence-electron chi connectivity index (χ3n) is 7.21. The van der Waals surface area contributed by atoms with Crippen molar-refractivity contribution < 1.29 is 14.3 Å². The van der Waals surface area contributed by atoms with Crippen LogP contribution in [0.4, 0.5) is 0 Å². The molecule has 6 nitrogen and oxygen atoms in total. The van der Waals surface area contributed by atoms with Gasteiger partial charge in [-0.05, 0) is 48.9 Å². The molecule has 2 amide bonds. The van der Waals surface area contributed by atoms with Crippen molar-refractivity contribution in [2.75, 3.05) is 19.7 Å². The zero-order valence-electron chi connectivity index (χ0n) is 18.9. The summed E-state index contributed by atoms with van der Waals surface area (Å²) in [4.78, 5) is 27.4. The number of hydrogen-bond donors (Lipinski definition) is 2. The van der Waals surface area contributed by atoms with E-state index in [-0.39, 0.29) is 30.0 Å². The second kappa shape index (κ2) is 8.62. The number of piperidine rings is 1. The Morgan fingerprint density at radius 3 is 2.48 bits per heavy atom. The molecule has 0 unspecified atom stereocenters. The zero-order chi connectivity index (χ0) is 22.2. The number of carbonyl (C=O) groups is 2. The van der Waals surface area contributed by atoms with Gasteiger partial charge in [0.2, 0.25) is 5.91 Å². The van der Waals surface area contributed by atoms with E-state index < -0.39 is 5.54 Å². The van der Waals surface area contributed by atoms with E-state index in [1.54, 1.807) is 0 Å². The quantitative estimate of drug-likeness (QED) is 0.734. The molecule has 1 saturated carbocycles. The van der Waals surface area contributed by atoms with E-state index in [0.717, 1.165) is 55.4 Å². The highest BCUT2D eigenvalue weighted by molar-refractivity contribution is 6.31. The molecule has 2 saturated heterocycles. The standard InChI is InChI=1S/C24H34ClN3O3/c1-16(2)18-14-19(25)17(3)13-20(18)31-15-21(29)28-11-9-24(10-12-28)26-22(30)23(27-24)7-5-4-6-8-23/h13-14,16,27H,4-12,15H2,1-3H3,(H,26,30). The number of likely N-dealkylation sites (tertiary alicyclic amines) is 1. The van der Waals surface area contributed by atoms with Crippen molar-refractivity contribution in [3.8, 4) is 5.75 Å². The highest BCUT2D eigenvalue weighted by Crippen LogP contribution is 2.37. The second-order valence-corrected chi connectivity index (χ2v) is 10.2. The Morgan fingerprint density at radius 2 is 1.84 bits per heavy atom. The van der Waals surface area contributed by atoms with Crippen molar-refractivity contribution >= 4 is 23.4 Å². The van der Waals surface area contributed by atoms with Crippen LogP contribution in [0.25, 0.3) is 0 Å². The third kappa shape index (κ3) is 4.42. The fraction of sp³-hybridized carbons (Fsp3) is 0.667. The lowest BCUT2D eigenvalue weighted by Crippen LogP contribution is -2.60. The Hall–Kier alpha value is -1.79. The SMILES string of the molecule is Cc1cc(OCC(=O)N2CCC3(CC2)NC(=O)C2(CCCCC2)N3)c(C(C)C)cc1Cl. The summed E-state index contributed by atoms with van der Waals surface area (Å²) >= 11 is 6.27. The molecule has 2 N–H and O–H groups in total. The van der Waals surface area contributed by atoms with Gasteiger partial charge in [0.05, 0.1) is 11.2 Å². The topological polar surface area (TPSA) is 70.7 Å². The summed E-state index contributed by atoms with van der Waals surface area (Å²) in [5, 5.41) is 7.64. The maximum Gasteiger partial charge on any atom is 0.260 e. The maximum atomic E-state index is 12.8. The zero-order valence-corrected chi connectivity index (χ0v) is 19.6. The molecule has 2 spiro atoms. The molecule has 1 aliphatic carbocycles. The van der Waals surface area contributed by atoms with E-state index in [4.69, 9.17) is 16.3 Å². The van der Waals surface area contributed by atoms with Crippen LogP contribution in [0.5, 0.6) is 5.75 Å². The molecule has 0 radical (unpaired) electrons. The Kier molecular flexibility index (Phi) is 6.23. The predicted molar refractivity (Wildman–Crippen MR) is 121 cm³/mol. The monoisotopic (exact) mass is 447 g/mol. The third-order valence-corrected chi connectivity index (χ3v) is 7.61. The molecule has 170 valence electrons. The smallest absolute Gasteiger partial charge is 0.260 e. The van der Waals surface area contributed by atoms with Crippen LogP contribution in [0, 0.1) is 6.92 Å². The number of hydrogen-bond acceptors (Lipinski definition) is 4. The van der Waals surface area contributed by atoms with Gasteiger partial charge in [-0.15, -0.1) is 0 Å². The number of carbonyl (C=O) groups excluding carboxylic acids is 2. The summed E-state index contributed by atoms with van der Waals surface area (Å²) in [6.45, 7) is 7.35. The second-order valence-electron chi connectivity index (χ2n) is 9.77. The van der Waals surface area contributed by atoms with Crippen LogP contribution < -0.4 is 15.4 Å². The van der Waals surface area contributed by atoms with Crippen LogP contribution >= 0.6 is 11.6 Å². The first-order chi connectivity index (χ1) is 14.7. The van der Waals surface area contributed by atoms with E-state index in [1.807, 2.05) is 24.0 Å². The summed E-state index contributed by atoms with van der Waals surface area (Å²) < 4.78 is 5.94. The largest absolute Gasteiger partial charge is 0.483 e. The molecule has 2 heterocycles. The number of amides is 2. The highest BCUT2D eigenvalue weighted by atomic mass is 35.5. The molecular formula is C24H34ClN3O3. The normalized spacial score (nSPS) is 22.2. The van der Waals surface area contributed by atoms with E-state index in [0.29, 0.717) is 18.1 Å². The van der Waals surface area contributed by atoms with E-state index >= 15 is 0 Å². The summed E-state index contributed by atoms with van der Waals surface area (Å²) in [5.74, 6) is 1.10. The minimum atomic E-state index is -0.396. The van der Waals surface area contributed by atoms with Crippen LogP contribution in [0.2, 0.25) is 5.02 Å². The molecule has 3 aliphatic rings. The fourth-order valence-electron chi connectivity index (χ4n) is 5.26. The first-order valence-corrected chi connectivity index (χ1v) is 11.9. The van der Waals surface area contributed by atoms with Crippen molar-refractivity contribution in [3.63, 3.8) is 0 Å². The minimum absolute atomic E-state index is 0.0114.